The number of carbonyl (C=O) groups excluding carboxylic acids is 2. The Labute approximate surface area is 331 Å². The molecule has 8 N–H and O–H groups in total. The number of carbonyl (C=O) groups is 2. The maximum atomic E-state index is 13.4. The molecule has 0 radical (unpaired) electrons. The van der Waals surface area contributed by atoms with Crippen molar-refractivity contribution in [1.82, 2.24) is 9.80 Å². The molecule has 0 unspecified atom stereocenters. The first-order chi connectivity index (χ1) is 28.0. The number of phenolic OH excluding ortho intramolecular Hbond substituents is 6. The van der Waals surface area contributed by atoms with Gasteiger partial charge < -0.3 is 41.3 Å². The van der Waals surface area contributed by atoms with Crippen molar-refractivity contribution < 1.29 is 40.2 Å². The van der Waals surface area contributed by atoms with Crippen LogP contribution in [-0.4, -0.2) is 79.4 Å². The first-order valence-corrected chi connectivity index (χ1v) is 18.6. The summed E-state index contributed by atoms with van der Waals surface area (Å²) in [7, 11) is 3.82. The van der Waals surface area contributed by atoms with Crippen molar-refractivity contribution >= 4 is 104 Å². The van der Waals surface area contributed by atoms with Crippen molar-refractivity contribution in [3.8, 4) is 34.5 Å². The molecule has 0 saturated carbocycles. The number of imide groups is 1. The molecular weight excluding hydrogens is 755 g/mol. The third kappa shape index (κ3) is 4.41. The number of aryl methyl sites for hydroxylation is 2. The molecular formula is C46H33N3O10. The minimum absolute atomic E-state index is 0.0431. The van der Waals surface area contributed by atoms with E-state index in [0.29, 0.717) is 78.7 Å². The lowest BCUT2D eigenvalue weighted by Gasteiger charge is -2.28. The van der Waals surface area contributed by atoms with Gasteiger partial charge in [0, 0.05) is 84.9 Å². The maximum Gasteiger partial charge on any atom is 0.261 e. The number of rotatable bonds is 3. The van der Waals surface area contributed by atoms with Gasteiger partial charge in [-0.25, -0.2) is 0 Å². The van der Waals surface area contributed by atoms with E-state index in [2.05, 4.69) is 0 Å². The van der Waals surface area contributed by atoms with E-state index in [-0.39, 0.29) is 54.9 Å². The third-order valence-electron chi connectivity index (χ3n) is 12.0. The second kappa shape index (κ2) is 11.7. The second-order valence-electron chi connectivity index (χ2n) is 15.7. The second-order valence-corrected chi connectivity index (χ2v) is 15.7. The van der Waals surface area contributed by atoms with E-state index in [1.54, 1.807) is 32.0 Å². The third-order valence-corrected chi connectivity index (χ3v) is 12.0. The minimum Gasteiger partial charge on any atom is -0.507 e. The Bertz CT molecular complexity index is 3500. The molecule has 0 atom stereocenters. The van der Waals surface area contributed by atoms with Crippen LogP contribution in [0.5, 0.6) is 34.5 Å². The number of nitrogens with zero attached hydrogens (tertiary/aromatic N) is 2. The summed E-state index contributed by atoms with van der Waals surface area (Å²) in [5.41, 5.74) is 7.67. The molecule has 0 aliphatic carbocycles. The Balaban J connectivity index is 0.000000170. The Morgan fingerprint density at radius 1 is 0.508 bits per heavy atom. The fourth-order valence-electron chi connectivity index (χ4n) is 9.67. The number of anilines is 1. The normalized spacial score (nSPS) is 13.3. The first kappa shape index (κ1) is 35.8. The molecule has 1 heterocycles. The molecule has 292 valence electrons. The standard InChI is InChI=1S/C30H16O8.C16H17N3O2/c1-7-3-9(31)19-23-15(7)16-8(2)4-10(32)20-24(16)28-26-18(12(34)6-14(36)22(26)30(20)38)17-11(33)5-13(35)21(29(19)37)25(17)27(23)28;1-18(2)6-7-19-15(20)12-5-3-4-10-8-11(17)9-13(14(10)12)16(19)21/h3-6,33-38H,1-2H3;3-5,8-9H,6-7,17H2,1-2H3. The van der Waals surface area contributed by atoms with Crippen LogP contribution in [-0.2, 0) is 0 Å². The van der Waals surface area contributed by atoms with Crippen LogP contribution in [0.1, 0.15) is 31.8 Å². The average molecular weight is 788 g/mol. The van der Waals surface area contributed by atoms with Gasteiger partial charge in [-0.15, -0.1) is 0 Å². The lowest BCUT2D eigenvalue weighted by molar-refractivity contribution is 0.0601. The van der Waals surface area contributed by atoms with Crippen molar-refractivity contribution in [3.63, 3.8) is 0 Å². The Kier molecular flexibility index (Phi) is 7.10. The number of nitrogens with two attached hydrogens (primary N) is 1. The Morgan fingerprint density at radius 2 is 0.949 bits per heavy atom. The molecule has 0 bridgehead atoms. The molecule has 10 aromatic rings. The smallest absolute Gasteiger partial charge is 0.261 e. The van der Waals surface area contributed by atoms with Gasteiger partial charge >= 0.3 is 0 Å². The number of phenols is 6. The number of hydrogen-bond acceptors (Lipinski definition) is 12. The molecule has 1 aliphatic rings. The highest BCUT2D eigenvalue weighted by atomic mass is 16.3. The largest absolute Gasteiger partial charge is 0.507 e. The van der Waals surface area contributed by atoms with E-state index in [1.807, 2.05) is 31.1 Å². The number of likely N-dealkylation sites (N-methyl/N-ethyl adjacent to an activating group) is 1. The quantitative estimate of drug-likeness (QED) is 0.0432. The summed E-state index contributed by atoms with van der Waals surface area (Å²) in [6, 6.07) is 13.7. The highest BCUT2D eigenvalue weighted by Crippen LogP contribution is 2.60. The summed E-state index contributed by atoms with van der Waals surface area (Å²) >= 11 is 0. The van der Waals surface area contributed by atoms with Gasteiger partial charge in [-0.3, -0.25) is 24.1 Å². The van der Waals surface area contributed by atoms with Gasteiger partial charge in [0.2, 0.25) is 0 Å². The van der Waals surface area contributed by atoms with Crippen LogP contribution in [0, 0.1) is 13.8 Å². The van der Waals surface area contributed by atoms with E-state index < -0.39 is 45.4 Å². The lowest BCUT2D eigenvalue weighted by Crippen LogP contribution is -2.43. The number of aromatic hydroxyl groups is 6. The molecule has 13 nitrogen and oxygen atoms in total. The monoisotopic (exact) mass is 787 g/mol. The van der Waals surface area contributed by atoms with Crippen molar-refractivity contribution in [2.24, 2.45) is 0 Å². The SMILES string of the molecule is CN(C)CCN1C(=O)c2cccc3cc(N)cc(c23)C1=O.Cc1cc(=O)c2c(O)c3c(O)cc(O)c4c5c(O)cc(O)c6c(O)c7c(=O)cc(C)c8c1c2c(c34)c(c65)c78. The van der Waals surface area contributed by atoms with Gasteiger partial charge in [0.15, 0.2) is 10.9 Å². The van der Waals surface area contributed by atoms with Gasteiger partial charge in [0.05, 0.1) is 27.1 Å². The predicted molar refractivity (Wildman–Crippen MR) is 228 cm³/mol. The molecule has 2 amide bonds. The molecule has 0 aromatic heterocycles. The highest BCUT2D eigenvalue weighted by Gasteiger charge is 2.35. The zero-order valence-corrected chi connectivity index (χ0v) is 31.9. The summed E-state index contributed by atoms with van der Waals surface area (Å²) in [5.74, 6) is -3.25. The summed E-state index contributed by atoms with van der Waals surface area (Å²) in [5, 5.41) is 71.2. The summed E-state index contributed by atoms with van der Waals surface area (Å²) in [4.78, 5) is 55.1. The summed E-state index contributed by atoms with van der Waals surface area (Å²) in [6.45, 7) is 4.47. The number of hydrogen-bond donors (Lipinski definition) is 7. The van der Waals surface area contributed by atoms with Crippen LogP contribution in [0.3, 0.4) is 0 Å². The fraction of sp³-hybridized carbons (Fsp3) is 0.130. The highest BCUT2D eigenvalue weighted by molar-refractivity contribution is 6.52. The van der Waals surface area contributed by atoms with Gasteiger partial charge in [-0.2, -0.15) is 0 Å². The van der Waals surface area contributed by atoms with E-state index in [9.17, 15) is 49.8 Å². The first-order valence-electron chi connectivity index (χ1n) is 18.6. The minimum atomic E-state index is -0.483. The van der Waals surface area contributed by atoms with Crippen LogP contribution in [0.25, 0.3) is 86.2 Å². The number of fused-ring (bicyclic) bond motifs is 2. The number of nitrogen functional groups attached to an aromatic ring is 1. The van der Waals surface area contributed by atoms with E-state index in [4.69, 9.17) is 5.73 Å². The van der Waals surface area contributed by atoms with Gasteiger partial charge in [-0.05, 0) is 85.6 Å². The molecule has 11 rings (SSSR count). The van der Waals surface area contributed by atoms with Crippen LogP contribution in [0.4, 0.5) is 5.69 Å². The van der Waals surface area contributed by atoms with Crippen LogP contribution in [0.15, 0.2) is 64.2 Å². The van der Waals surface area contributed by atoms with Gasteiger partial charge in [-0.1, -0.05) is 12.1 Å². The maximum absolute atomic E-state index is 13.4. The van der Waals surface area contributed by atoms with Crippen molar-refractivity contribution in [2.75, 3.05) is 32.9 Å². The summed E-state index contributed by atoms with van der Waals surface area (Å²) < 4.78 is 0. The molecule has 13 heteroatoms. The Hall–Kier alpha value is -7.64. The van der Waals surface area contributed by atoms with Crippen LogP contribution >= 0.6 is 0 Å². The van der Waals surface area contributed by atoms with E-state index in [1.165, 1.54) is 17.0 Å². The average Bonchev–Trinajstić information content (AvgIpc) is 3.16. The van der Waals surface area contributed by atoms with Crippen molar-refractivity contribution in [1.29, 1.82) is 0 Å². The van der Waals surface area contributed by atoms with Crippen LogP contribution in [0.2, 0.25) is 0 Å². The summed E-state index contributed by atoms with van der Waals surface area (Å²) in [6.07, 6.45) is 0. The van der Waals surface area contributed by atoms with Crippen molar-refractivity contribution in [3.05, 3.63) is 97.3 Å². The molecule has 0 saturated heterocycles. The topological polar surface area (TPSA) is 222 Å². The lowest BCUT2D eigenvalue weighted by atomic mass is 9.78. The molecule has 59 heavy (non-hydrogen) atoms. The number of amides is 2. The Morgan fingerprint density at radius 3 is 1.44 bits per heavy atom. The molecule has 10 aromatic carbocycles. The predicted octanol–water partition coefficient (Wildman–Crippen LogP) is 6.66. The van der Waals surface area contributed by atoms with Gasteiger partial charge in [0.25, 0.3) is 11.8 Å². The van der Waals surface area contributed by atoms with Gasteiger partial charge in [0.1, 0.15) is 34.5 Å². The van der Waals surface area contributed by atoms with E-state index >= 15 is 0 Å². The zero-order chi connectivity index (χ0) is 41.8. The molecule has 0 spiro atoms. The molecule has 1 aliphatic heterocycles. The zero-order valence-electron chi connectivity index (χ0n) is 31.9. The fourth-order valence-corrected chi connectivity index (χ4v) is 9.67. The number of benzene rings is 10. The van der Waals surface area contributed by atoms with Crippen LogP contribution < -0.4 is 16.6 Å². The van der Waals surface area contributed by atoms with E-state index in [0.717, 1.165) is 17.5 Å². The molecule has 0 fully saturated rings. The van der Waals surface area contributed by atoms with Crippen molar-refractivity contribution in [2.45, 2.75) is 13.8 Å².